The van der Waals surface area contributed by atoms with Crippen molar-refractivity contribution >= 4 is 50.1 Å². The van der Waals surface area contributed by atoms with Gasteiger partial charge in [0.15, 0.2) is 5.43 Å². The SMILES string of the molecule is O=C1c2oc3ccc(Cl)cc3c(=O)c2C(c2ccc(Br)cc2)N1c1cccc(C(F)(F)F)c1. The van der Waals surface area contributed by atoms with Crippen molar-refractivity contribution in [2.45, 2.75) is 12.2 Å². The van der Waals surface area contributed by atoms with Crippen LogP contribution in [-0.4, -0.2) is 5.91 Å². The van der Waals surface area contributed by atoms with E-state index in [9.17, 15) is 22.8 Å². The Balaban J connectivity index is 1.79. The van der Waals surface area contributed by atoms with E-state index in [1.54, 1.807) is 24.3 Å². The minimum absolute atomic E-state index is 0.00404. The standard InChI is InChI=1S/C24H12BrClF3NO3/c25-14-6-4-12(5-7-14)20-19-21(31)17-11-15(26)8-9-18(17)33-22(19)23(32)30(20)16-3-1-2-13(10-16)24(27,28)29/h1-11,20H. The summed E-state index contributed by atoms with van der Waals surface area (Å²) >= 11 is 9.40. The number of halogens is 5. The van der Waals surface area contributed by atoms with Crippen LogP contribution in [0.25, 0.3) is 11.0 Å². The van der Waals surface area contributed by atoms with Crippen LogP contribution in [0.2, 0.25) is 5.02 Å². The Morgan fingerprint density at radius 1 is 0.970 bits per heavy atom. The molecule has 9 heteroatoms. The number of nitrogens with zero attached hydrogens (tertiary/aromatic N) is 1. The number of benzene rings is 3. The molecule has 0 saturated carbocycles. The highest BCUT2D eigenvalue weighted by Crippen LogP contribution is 2.43. The first kappa shape index (κ1) is 21.7. The molecule has 33 heavy (non-hydrogen) atoms. The molecule has 1 atom stereocenters. The summed E-state index contributed by atoms with van der Waals surface area (Å²) in [6.45, 7) is 0. The Morgan fingerprint density at radius 3 is 2.39 bits per heavy atom. The zero-order valence-corrected chi connectivity index (χ0v) is 18.8. The van der Waals surface area contributed by atoms with Gasteiger partial charge in [0.2, 0.25) is 5.76 Å². The average molecular weight is 535 g/mol. The number of rotatable bonds is 2. The second-order valence-corrected chi connectivity index (χ2v) is 8.84. The Hall–Kier alpha value is -3.10. The molecule has 1 unspecified atom stereocenters. The van der Waals surface area contributed by atoms with Gasteiger partial charge < -0.3 is 4.42 Å². The van der Waals surface area contributed by atoms with E-state index in [2.05, 4.69) is 15.9 Å². The first-order valence-electron chi connectivity index (χ1n) is 9.67. The molecule has 2 heterocycles. The second kappa shape index (κ2) is 7.74. The van der Waals surface area contributed by atoms with Crippen LogP contribution >= 0.6 is 27.5 Å². The third kappa shape index (κ3) is 3.63. The van der Waals surface area contributed by atoms with E-state index >= 15 is 0 Å². The van der Waals surface area contributed by atoms with Gasteiger partial charge in [0.1, 0.15) is 5.58 Å². The van der Waals surface area contributed by atoms with Crippen molar-refractivity contribution in [2.24, 2.45) is 0 Å². The maximum Gasteiger partial charge on any atom is 0.416 e. The van der Waals surface area contributed by atoms with Crippen molar-refractivity contribution in [1.82, 2.24) is 0 Å². The van der Waals surface area contributed by atoms with Gasteiger partial charge in [-0.25, -0.2) is 0 Å². The first-order valence-corrected chi connectivity index (χ1v) is 10.8. The quantitative estimate of drug-likeness (QED) is 0.279. The summed E-state index contributed by atoms with van der Waals surface area (Å²) in [6, 6.07) is 14.7. The van der Waals surface area contributed by atoms with Gasteiger partial charge in [0.25, 0.3) is 5.91 Å². The third-order valence-electron chi connectivity index (χ3n) is 5.47. The zero-order chi connectivity index (χ0) is 23.5. The van der Waals surface area contributed by atoms with E-state index < -0.39 is 29.1 Å². The molecule has 0 bridgehead atoms. The molecule has 0 spiro atoms. The monoisotopic (exact) mass is 533 g/mol. The van der Waals surface area contributed by atoms with Gasteiger partial charge in [0.05, 0.1) is 22.6 Å². The molecule has 1 aromatic heterocycles. The lowest BCUT2D eigenvalue weighted by Crippen LogP contribution is -2.29. The largest absolute Gasteiger partial charge is 0.450 e. The molecule has 5 rings (SSSR count). The summed E-state index contributed by atoms with van der Waals surface area (Å²) in [5.41, 5.74) is -0.627. The number of carbonyl (C=O) groups is 1. The van der Waals surface area contributed by atoms with Gasteiger partial charge in [-0.3, -0.25) is 14.5 Å². The van der Waals surface area contributed by atoms with Crippen LogP contribution in [0.3, 0.4) is 0 Å². The highest BCUT2D eigenvalue weighted by Gasteiger charge is 2.44. The first-order chi connectivity index (χ1) is 15.6. The molecule has 1 aliphatic heterocycles. The lowest BCUT2D eigenvalue weighted by molar-refractivity contribution is -0.137. The molecule has 0 radical (unpaired) electrons. The molecule has 166 valence electrons. The summed E-state index contributed by atoms with van der Waals surface area (Å²) in [7, 11) is 0. The van der Waals surface area contributed by atoms with Crippen molar-refractivity contribution in [3.05, 3.63) is 109 Å². The third-order valence-corrected chi connectivity index (χ3v) is 6.23. The van der Waals surface area contributed by atoms with Gasteiger partial charge in [-0.05, 0) is 54.1 Å². The lowest BCUT2D eigenvalue weighted by Gasteiger charge is -2.26. The van der Waals surface area contributed by atoms with E-state index in [0.29, 0.717) is 10.6 Å². The van der Waals surface area contributed by atoms with Crippen LogP contribution in [0.5, 0.6) is 0 Å². The molecular weight excluding hydrogens is 523 g/mol. The second-order valence-electron chi connectivity index (χ2n) is 7.49. The van der Waals surface area contributed by atoms with Crippen molar-refractivity contribution in [3.63, 3.8) is 0 Å². The molecule has 3 aromatic carbocycles. The zero-order valence-electron chi connectivity index (χ0n) is 16.5. The van der Waals surface area contributed by atoms with Crippen molar-refractivity contribution in [3.8, 4) is 0 Å². The van der Waals surface area contributed by atoms with Crippen molar-refractivity contribution in [1.29, 1.82) is 0 Å². The topological polar surface area (TPSA) is 50.5 Å². The maximum absolute atomic E-state index is 13.5. The van der Waals surface area contributed by atoms with E-state index in [1.807, 2.05) is 0 Å². The van der Waals surface area contributed by atoms with Gasteiger partial charge in [0, 0.05) is 15.2 Å². The van der Waals surface area contributed by atoms with Crippen LogP contribution in [0.15, 0.2) is 80.4 Å². The molecule has 0 N–H and O–H groups in total. The van der Waals surface area contributed by atoms with E-state index in [0.717, 1.165) is 21.5 Å². The highest BCUT2D eigenvalue weighted by molar-refractivity contribution is 9.10. The summed E-state index contributed by atoms with van der Waals surface area (Å²) in [5.74, 6) is -0.911. The molecule has 4 nitrogen and oxygen atoms in total. The molecule has 1 aliphatic rings. The van der Waals surface area contributed by atoms with Crippen LogP contribution in [-0.2, 0) is 6.18 Å². The minimum Gasteiger partial charge on any atom is -0.450 e. The Kier molecular flexibility index (Phi) is 5.10. The van der Waals surface area contributed by atoms with Crippen LogP contribution < -0.4 is 10.3 Å². The molecular formula is C24H12BrClF3NO3. The molecule has 0 aliphatic carbocycles. The van der Waals surface area contributed by atoms with Crippen molar-refractivity contribution < 1.29 is 22.4 Å². The molecule has 4 aromatic rings. The molecule has 0 fully saturated rings. The summed E-state index contributed by atoms with van der Waals surface area (Å²) < 4.78 is 46.7. The normalized spacial score (nSPS) is 15.8. The van der Waals surface area contributed by atoms with Gasteiger partial charge in [-0.2, -0.15) is 13.2 Å². The number of fused-ring (bicyclic) bond motifs is 2. The summed E-state index contributed by atoms with van der Waals surface area (Å²) in [4.78, 5) is 28.1. The highest BCUT2D eigenvalue weighted by atomic mass is 79.9. The number of alkyl halides is 3. The summed E-state index contributed by atoms with van der Waals surface area (Å²) in [6.07, 6.45) is -4.60. The van der Waals surface area contributed by atoms with E-state index in [4.69, 9.17) is 16.0 Å². The van der Waals surface area contributed by atoms with Crippen LogP contribution in [0, 0.1) is 0 Å². The summed E-state index contributed by atoms with van der Waals surface area (Å²) in [5, 5.41) is 0.496. The minimum atomic E-state index is -4.60. The van der Waals surface area contributed by atoms with E-state index in [-0.39, 0.29) is 28.0 Å². The van der Waals surface area contributed by atoms with Gasteiger partial charge >= 0.3 is 6.18 Å². The number of anilines is 1. The van der Waals surface area contributed by atoms with Crippen LogP contribution in [0.4, 0.5) is 18.9 Å². The van der Waals surface area contributed by atoms with Gasteiger partial charge in [-0.15, -0.1) is 0 Å². The number of hydrogen-bond acceptors (Lipinski definition) is 3. The Labute approximate surface area is 198 Å². The Bertz CT molecular complexity index is 1480. The predicted octanol–water partition coefficient (Wildman–Crippen LogP) is 6.98. The van der Waals surface area contributed by atoms with Crippen molar-refractivity contribution in [2.75, 3.05) is 4.90 Å². The lowest BCUT2D eigenvalue weighted by atomic mass is 9.98. The maximum atomic E-state index is 13.5. The van der Waals surface area contributed by atoms with E-state index in [1.165, 1.54) is 30.3 Å². The Morgan fingerprint density at radius 2 is 1.70 bits per heavy atom. The predicted molar refractivity (Wildman–Crippen MR) is 122 cm³/mol. The van der Waals surface area contributed by atoms with Crippen LogP contribution in [0.1, 0.15) is 33.3 Å². The average Bonchev–Trinajstić information content (AvgIpc) is 3.07. The number of hydrogen-bond donors (Lipinski definition) is 0. The fraction of sp³-hybridized carbons (Fsp3) is 0.0833. The number of carbonyl (C=O) groups excluding carboxylic acids is 1. The molecule has 1 amide bonds. The molecule has 0 saturated heterocycles. The fourth-order valence-corrected chi connectivity index (χ4v) is 4.44. The fourth-order valence-electron chi connectivity index (χ4n) is 4.00. The van der Waals surface area contributed by atoms with Gasteiger partial charge in [-0.1, -0.05) is 45.7 Å². The smallest absolute Gasteiger partial charge is 0.416 e. The number of amides is 1.